The lowest BCUT2D eigenvalue weighted by molar-refractivity contribution is -0.0370. The molecule has 0 aliphatic heterocycles. The van der Waals surface area contributed by atoms with Crippen LogP contribution in [0.1, 0.15) is 19.6 Å². The average Bonchev–Trinajstić information content (AvgIpc) is 2.30. The van der Waals surface area contributed by atoms with Crippen LogP contribution in [0.15, 0.2) is 11.0 Å². The number of aromatic nitrogens is 2. The molecule has 1 aromatic heterocycles. The van der Waals surface area contributed by atoms with Gasteiger partial charge in [0.2, 0.25) is 0 Å². The fourth-order valence-corrected chi connectivity index (χ4v) is 1.39. The summed E-state index contributed by atoms with van der Waals surface area (Å²) in [4.78, 5) is 14.8. The zero-order valence-corrected chi connectivity index (χ0v) is 10.1. The van der Waals surface area contributed by atoms with Gasteiger partial charge in [0.1, 0.15) is 11.7 Å². The van der Waals surface area contributed by atoms with Gasteiger partial charge >= 0.3 is 5.69 Å². The Morgan fingerprint density at radius 3 is 2.94 bits per heavy atom. The molecule has 1 heterocycles. The van der Waals surface area contributed by atoms with E-state index in [1.807, 2.05) is 0 Å². The number of aliphatic hydroxyl groups excluding tert-OH is 1. The van der Waals surface area contributed by atoms with Crippen molar-refractivity contribution in [3.05, 3.63) is 22.5 Å². The van der Waals surface area contributed by atoms with Crippen LogP contribution < -0.4 is 11.4 Å². The van der Waals surface area contributed by atoms with E-state index >= 15 is 0 Å². The quantitative estimate of drug-likeness (QED) is 0.519. The predicted molar refractivity (Wildman–Crippen MR) is 63.1 cm³/mol. The van der Waals surface area contributed by atoms with E-state index in [0.29, 0.717) is 6.42 Å². The fraction of sp³-hybridized carbons (Fsp3) is 0.556. The van der Waals surface area contributed by atoms with Crippen molar-refractivity contribution in [3.8, 4) is 0 Å². The number of anilines is 1. The average molecular weight is 263 g/mol. The Balaban J connectivity index is 3.04. The Morgan fingerprint density at radius 1 is 1.76 bits per heavy atom. The predicted octanol–water partition coefficient (Wildman–Crippen LogP) is 0.138. The largest absolute Gasteiger partial charge is 0.393 e. The second kappa shape index (κ2) is 5.99. The van der Waals surface area contributed by atoms with Crippen molar-refractivity contribution in [1.82, 2.24) is 9.55 Å². The number of rotatable bonds is 5. The van der Waals surface area contributed by atoms with Crippen molar-refractivity contribution >= 4 is 18.4 Å². The van der Waals surface area contributed by atoms with Crippen LogP contribution in [0.4, 0.5) is 10.2 Å². The third kappa shape index (κ3) is 3.42. The normalized spacial score (nSPS) is 14.6. The molecule has 1 aromatic rings. The van der Waals surface area contributed by atoms with E-state index in [-0.39, 0.29) is 6.61 Å². The maximum Gasteiger partial charge on any atom is 0.351 e. The summed E-state index contributed by atoms with van der Waals surface area (Å²) in [5.41, 5.74) is 3.69. The van der Waals surface area contributed by atoms with Gasteiger partial charge in [-0.25, -0.2) is 9.18 Å². The highest BCUT2D eigenvalue weighted by molar-refractivity contribution is 7.80. The Morgan fingerprint density at radius 2 is 2.41 bits per heavy atom. The molecule has 0 radical (unpaired) electrons. The first kappa shape index (κ1) is 13.9. The van der Waals surface area contributed by atoms with Crippen molar-refractivity contribution in [1.29, 1.82) is 0 Å². The van der Waals surface area contributed by atoms with Gasteiger partial charge in [0.05, 0.1) is 12.8 Å². The van der Waals surface area contributed by atoms with E-state index in [4.69, 9.17) is 15.6 Å². The molecule has 0 spiro atoms. The minimum absolute atomic E-state index is 0.320. The third-order valence-corrected chi connectivity index (χ3v) is 2.35. The maximum absolute atomic E-state index is 13.2. The molecule has 0 saturated heterocycles. The summed E-state index contributed by atoms with van der Waals surface area (Å²) in [6.45, 7) is 1.42. The third-order valence-electron chi connectivity index (χ3n) is 2.06. The Bertz CT molecular complexity index is 440. The number of nitrogen functional groups attached to an aromatic ring is 1. The summed E-state index contributed by atoms with van der Waals surface area (Å²) in [7, 11) is 0. The zero-order valence-electron chi connectivity index (χ0n) is 9.21. The van der Waals surface area contributed by atoms with Crippen LogP contribution in [0.3, 0.4) is 0 Å². The molecule has 96 valence electrons. The van der Waals surface area contributed by atoms with Crippen molar-refractivity contribution in [2.75, 3.05) is 12.3 Å². The first-order valence-corrected chi connectivity index (χ1v) is 5.49. The smallest absolute Gasteiger partial charge is 0.351 e. The second-order valence-corrected chi connectivity index (χ2v) is 3.88. The number of nitrogens with zero attached hydrogens (tertiary/aromatic N) is 2. The number of ether oxygens (including phenoxy) is 1. The van der Waals surface area contributed by atoms with Gasteiger partial charge in [-0.1, -0.05) is 6.92 Å². The topological polar surface area (TPSA) is 90.4 Å². The van der Waals surface area contributed by atoms with Crippen LogP contribution in [-0.4, -0.2) is 26.7 Å². The standard InChI is InChI=1S/C9H14FN3O3S/c1-2-6(16-7(17)4-14)13-3-5(10)8(11)12-9(13)15/h3,6-7,14,17H,2,4H2,1H3,(H2,11,12,15). The number of hydrogen-bond acceptors (Lipinski definition) is 6. The van der Waals surface area contributed by atoms with E-state index in [1.165, 1.54) is 0 Å². The monoisotopic (exact) mass is 263 g/mol. The molecule has 2 atom stereocenters. The highest BCUT2D eigenvalue weighted by atomic mass is 32.1. The van der Waals surface area contributed by atoms with E-state index < -0.39 is 29.0 Å². The fourth-order valence-electron chi connectivity index (χ4n) is 1.25. The van der Waals surface area contributed by atoms with Crippen LogP contribution in [-0.2, 0) is 4.74 Å². The number of halogens is 1. The van der Waals surface area contributed by atoms with Gasteiger partial charge in [-0.05, 0) is 6.42 Å². The van der Waals surface area contributed by atoms with Crippen LogP contribution in [0, 0.1) is 5.82 Å². The van der Waals surface area contributed by atoms with Crippen molar-refractivity contribution in [3.63, 3.8) is 0 Å². The van der Waals surface area contributed by atoms with Gasteiger partial charge in [0.25, 0.3) is 0 Å². The van der Waals surface area contributed by atoms with Crippen LogP contribution in [0.25, 0.3) is 0 Å². The lowest BCUT2D eigenvalue weighted by atomic mass is 10.4. The maximum atomic E-state index is 13.2. The summed E-state index contributed by atoms with van der Waals surface area (Å²) in [6, 6.07) is 0. The molecule has 0 fully saturated rings. The molecular formula is C9H14FN3O3S. The molecule has 0 amide bonds. The molecule has 3 N–H and O–H groups in total. The van der Waals surface area contributed by atoms with Gasteiger partial charge in [-0.3, -0.25) is 4.57 Å². The molecular weight excluding hydrogens is 249 g/mol. The van der Waals surface area contributed by atoms with E-state index in [9.17, 15) is 9.18 Å². The molecule has 17 heavy (non-hydrogen) atoms. The highest BCUT2D eigenvalue weighted by Crippen LogP contribution is 2.16. The molecule has 8 heteroatoms. The molecule has 6 nitrogen and oxygen atoms in total. The van der Waals surface area contributed by atoms with Gasteiger partial charge in [-0.15, -0.1) is 12.6 Å². The molecule has 1 rings (SSSR count). The van der Waals surface area contributed by atoms with Crippen LogP contribution in [0.2, 0.25) is 0 Å². The zero-order chi connectivity index (χ0) is 13.0. The summed E-state index contributed by atoms with van der Waals surface area (Å²) >= 11 is 3.93. The lowest BCUT2D eigenvalue weighted by Gasteiger charge is -2.21. The molecule has 0 aliphatic rings. The molecule has 0 bridgehead atoms. The molecule has 0 aliphatic carbocycles. The van der Waals surface area contributed by atoms with Crippen LogP contribution in [0.5, 0.6) is 0 Å². The first-order valence-electron chi connectivity index (χ1n) is 4.98. The molecule has 2 unspecified atom stereocenters. The summed E-state index contributed by atoms with van der Waals surface area (Å²) in [5.74, 6) is -1.25. The van der Waals surface area contributed by atoms with Crippen molar-refractivity contribution in [2.45, 2.75) is 25.0 Å². The number of hydrogen-bond donors (Lipinski definition) is 3. The Labute approximate surface area is 103 Å². The van der Waals surface area contributed by atoms with Crippen molar-refractivity contribution in [2.24, 2.45) is 0 Å². The van der Waals surface area contributed by atoms with E-state index in [2.05, 4.69) is 17.6 Å². The van der Waals surface area contributed by atoms with Gasteiger partial charge in [-0.2, -0.15) is 4.98 Å². The molecule has 0 aromatic carbocycles. The summed E-state index contributed by atoms with van der Waals surface area (Å²) in [5, 5.41) is 8.80. The summed E-state index contributed by atoms with van der Waals surface area (Å²) in [6.07, 6.45) is 0.568. The van der Waals surface area contributed by atoms with Crippen LogP contribution >= 0.6 is 12.6 Å². The van der Waals surface area contributed by atoms with E-state index in [1.54, 1.807) is 6.92 Å². The minimum atomic E-state index is -0.800. The van der Waals surface area contributed by atoms with Crippen molar-refractivity contribution < 1.29 is 14.2 Å². The Hall–Kier alpha value is -1.12. The summed E-state index contributed by atoms with van der Waals surface area (Å²) < 4.78 is 19.4. The Kier molecular flexibility index (Phi) is 4.91. The highest BCUT2D eigenvalue weighted by Gasteiger charge is 2.17. The lowest BCUT2D eigenvalue weighted by Crippen LogP contribution is -2.31. The number of thiol groups is 1. The minimum Gasteiger partial charge on any atom is -0.393 e. The SMILES string of the molecule is CCC(OC(S)CO)n1cc(F)c(N)nc1=O. The number of aliphatic hydroxyl groups is 1. The number of nitrogens with two attached hydrogens (primary N) is 1. The second-order valence-electron chi connectivity index (χ2n) is 3.30. The van der Waals surface area contributed by atoms with Gasteiger partial charge in [0.15, 0.2) is 11.6 Å². The van der Waals surface area contributed by atoms with Gasteiger partial charge < -0.3 is 15.6 Å². The van der Waals surface area contributed by atoms with E-state index in [0.717, 1.165) is 10.8 Å². The molecule has 0 saturated carbocycles. The first-order chi connectivity index (χ1) is 7.99. The van der Waals surface area contributed by atoms with Gasteiger partial charge in [0, 0.05) is 0 Å².